The van der Waals surface area contributed by atoms with E-state index in [9.17, 15) is 14.3 Å². The second-order valence-corrected chi connectivity index (χ2v) is 10.4. The summed E-state index contributed by atoms with van der Waals surface area (Å²) >= 11 is 1.57. The summed E-state index contributed by atoms with van der Waals surface area (Å²) in [4.78, 5) is 23.7. The summed E-state index contributed by atoms with van der Waals surface area (Å²) in [5.41, 5.74) is 1.32. The van der Waals surface area contributed by atoms with E-state index in [0.717, 1.165) is 37.0 Å². The van der Waals surface area contributed by atoms with Gasteiger partial charge < -0.3 is 4.89 Å². The molecular weight excluding hydrogens is 393 g/mol. The summed E-state index contributed by atoms with van der Waals surface area (Å²) < 4.78 is 15.5. The zero-order chi connectivity index (χ0) is 20.4. The van der Waals surface area contributed by atoms with Gasteiger partial charge in [-0.2, -0.15) is 0 Å². The lowest BCUT2D eigenvalue weighted by molar-refractivity contribution is 0.0983. The molecule has 0 aliphatic carbocycles. The van der Waals surface area contributed by atoms with E-state index in [1.54, 1.807) is 11.3 Å². The molecule has 7 heteroatoms. The van der Waals surface area contributed by atoms with Crippen LogP contribution in [0.15, 0.2) is 42.5 Å². The van der Waals surface area contributed by atoms with Gasteiger partial charge in [-0.1, -0.05) is 37.3 Å². The molecule has 0 amide bonds. The summed E-state index contributed by atoms with van der Waals surface area (Å²) in [5.74, 6) is 5.33. The van der Waals surface area contributed by atoms with Gasteiger partial charge in [-0.25, -0.2) is 10.5 Å². The van der Waals surface area contributed by atoms with Crippen LogP contribution in [0, 0.1) is 5.92 Å². The second kappa shape index (κ2) is 11.6. The van der Waals surface area contributed by atoms with Crippen LogP contribution in [-0.2, 0) is 22.0 Å². The van der Waals surface area contributed by atoms with Gasteiger partial charge in [0.25, 0.3) is 0 Å². The van der Waals surface area contributed by atoms with Crippen molar-refractivity contribution in [1.82, 2.24) is 0 Å². The first kappa shape index (κ1) is 23.0. The van der Waals surface area contributed by atoms with Gasteiger partial charge in [0.05, 0.1) is 11.0 Å². The van der Waals surface area contributed by atoms with Gasteiger partial charge in [-0.05, 0) is 62.1 Å². The van der Waals surface area contributed by atoms with Crippen LogP contribution in [0.2, 0.25) is 0 Å². The van der Waals surface area contributed by atoms with Crippen LogP contribution < -0.4 is 5.90 Å². The Morgan fingerprint density at radius 1 is 1.14 bits per heavy atom. The number of unbranched alkanes of at least 4 members (excludes halogenated alkanes) is 1. The van der Waals surface area contributed by atoms with Gasteiger partial charge in [-0.3, -0.25) is 9.36 Å². The molecule has 0 radical (unpaired) electrons. The molecule has 0 saturated heterocycles. The van der Waals surface area contributed by atoms with Crippen LogP contribution in [0.4, 0.5) is 0 Å². The van der Waals surface area contributed by atoms with Crippen LogP contribution in [-0.4, -0.2) is 16.8 Å². The highest BCUT2D eigenvalue weighted by atomic mass is 32.1. The molecule has 0 aliphatic heterocycles. The number of carbonyl (C=O) groups is 1. The predicted octanol–water partition coefficient (Wildman–Crippen LogP) is 5.38. The number of ketones is 1. The summed E-state index contributed by atoms with van der Waals surface area (Å²) in [6.07, 6.45) is 5.95. The zero-order valence-electron chi connectivity index (χ0n) is 16.4. The zero-order valence-corrected chi connectivity index (χ0v) is 18.1. The number of hydrogen-bond acceptors (Lipinski definition) is 5. The van der Waals surface area contributed by atoms with E-state index in [1.807, 2.05) is 37.3 Å². The molecule has 0 aliphatic rings. The number of aryl methyl sites for hydroxylation is 2. The molecule has 2 aromatic rings. The minimum Gasteiger partial charge on any atom is -0.323 e. The van der Waals surface area contributed by atoms with Gasteiger partial charge in [-0.15, -0.1) is 11.3 Å². The van der Waals surface area contributed by atoms with E-state index >= 15 is 0 Å². The van der Waals surface area contributed by atoms with Crippen LogP contribution in [0.25, 0.3) is 0 Å². The molecule has 0 bridgehead atoms. The molecule has 0 spiro atoms. The Bertz CT molecular complexity index is 778. The molecule has 1 unspecified atom stereocenters. The van der Waals surface area contributed by atoms with Crippen LogP contribution in [0.5, 0.6) is 0 Å². The lowest BCUT2D eigenvalue weighted by Crippen LogP contribution is -2.05. The van der Waals surface area contributed by atoms with Crippen molar-refractivity contribution in [3.05, 3.63) is 57.8 Å². The number of carbonyl (C=O) groups excluding carboxylic acids is 1. The summed E-state index contributed by atoms with van der Waals surface area (Å²) in [6.45, 7) is 2.04. The topological polar surface area (TPSA) is 89.6 Å². The predicted molar refractivity (Wildman–Crippen MR) is 115 cm³/mol. The highest BCUT2D eigenvalue weighted by Crippen LogP contribution is 2.41. The summed E-state index contributed by atoms with van der Waals surface area (Å²) in [6, 6.07) is 14.3. The number of thiophene rings is 1. The molecule has 1 aromatic heterocycles. The maximum absolute atomic E-state index is 12.4. The van der Waals surface area contributed by atoms with Gasteiger partial charge in [0.1, 0.15) is 0 Å². The van der Waals surface area contributed by atoms with Crippen molar-refractivity contribution in [2.45, 2.75) is 51.9 Å². The molecule has 1 aromatic carbocycles. The second-order valence-electron chi connectivity index (χ2n) is 7.28. The third kappa shape index (κ3) is 8.38. The van der Waals surface area contributed by atoms with Gasteiger partial charge in [0.15, 0.2) is 5.78 Å². The van der Waals surface area contributed by atoms with Gasteiger partial charge in [0, 0.05) is 11.3 Å². The van der Waals surface area contributed by atoms with Crippen LogP contribution in [0.1, 0.15) is 59.1 Å². The molecule has 5 nitrogen and oxygen atoms in total. The lowest BCUT2D eigenvalue weighted by atomic mass is 10.0. The summed E-state index contributed by atoms with van der Waals surface area (Å²) in [7, 11) is -3.63. The fourth-order valence-electron chi connectivity index (χ4n) is 3.01. The number of rotatable bonds is 13. The van der Waals surface area contributed by atoms with E-state index in [-0.39, 0.29) is 17.9 Å². The van der Waals surface area contributed by atoms with E-state index in [0.29, 0.717) is 12.8 Å². The molecule has 28 heavy (non-hydrogen) atoms. The number of Topliss-reactive ketones (excluding diaryl/α,β-unsaturated/α-hetero) is 1. The molecule has 2 atom stereocenters. The minimum absolute atomic E-state index is 0.0713. The van der Waals surface area contributed by atoms with Crippen molar-refractivity contribution < 1.29 is 18.9 Å². The monoisotopic (exact) mass is 423 g/mol. The average molecular weight is 424 g/mol. The molecular formula is C21H30NO4PS. The highest BCUT2D eigenvalue weighted by molar-refractivity contribution is 7.52. The fourth-order valence-corrected chi connectivity index (χ4v) is 4.88. The largest absolute Gasteiger partial charge is 0.344 e. The van der Waals surface area contributed by atoms with Crippen molar-refractivity contribution in [3.63, 3.8) is 0 Å². The molecule has 0 saturated carbocycles. The molecule has 154 valence electrons. The maximum atomic E-state index is 12.4. The van der Waals surface area contributed by atoms with E-state index in [1.165, 1.54) is 10.4 Å². The quantitative estimate of drug-likeness (QED) is 0.195. The molecule has 0 fully saturated rings. The third-order valence-electron chi connectivity index (χ3n) is 4.85. The van der Waals surface area contributed by atoms with Crippen LogP contribution >= 0.6 is 18.9 Å². The van der Waals surface area contributed by atoms with Crippen molar-refractivity contribution in [1.29, 1.82) is 0 Å². The Morgan fingerprint density at radius 2 is 1.89 bits per heavy atom. The number of benzene rings is 1. The summed E-state index contributed by atoms with van der Waals surface area (Å²) in [5, 5.41) is 0. The first-order valence-corrected chi connectivity index (χ1v) is 12.3. The minimum atomic E-state index is -3.63. The van der Waals surface area contributed by atoms with E-state index in [2.05, 4.69) is 16.8 Å². The fraction of sp³-hybridized carbons (Fsp3) is 0.476. The smallest absolute Gasteiger partial charge is 0.323 e. The normalized spacial score (nSPS) is 14.5. The Balaban J connectivity index is 1.67. The first-order chi connectivity index (χ1) is 13.4. The molecule has 2 rings (SSSR count). The third-order valence-corrected chi connectivity index (χ3v) is 7.19. The molecule has 3 N–H and O–H groups in total. The highest BCUT2D eigenvalue weighted by Gasteiger charge is 2.19. The van der Waals surface area contributed by atoms with Crippen LogP contribution in [0.3, 0.4) is 0 Å². The first-order valence-electron chi connectivity index (χ1n) is 9.76. The Morgan fingerprint density at radius 3 is 2.61 bits per heavy atom. The van der Waals surface area contributed by atoms with Crippen molar-refractivity contribution in [2.24, 2.45) is 11.8 Å². The average Bonchev–Trinajstić information content (AvgIpc) is 3.18. The SMILES string of the molecule is C[C@H](CCc1ccc(C(=O)CCCCc2ccccc2)s1)CCP(=O)(O)ON. The van der Waals surface area contributed by atoms with E-state index in [4.69, 9.17) is 5.90 Å². The number of hydrogen-bond donors (Lipinski definition) is 2. The number of nitrogens with two attached hydrogens (primary N) is 1. The van der Waals surface area contributed by atoms with Crippen molar-refractivity contribution in [2.75, 3.05) is 6.16 Å². The Labute approximate surface area is 171 Å². The lowest BCUT2D eigenvalue weighted by Gasteiger charge is -2.12. The Hall–Kier alpha value is -1.30. The Kier molecular flexibility index (Phi) is 9.56. The van der Waals surface area contributed by atoms with Crippen molar-refractivity contribution in [3.8, 4) is 0 Å². The van der Waals surface area contributed by atoms with E-state index < -0.39 is 7.60 Å². The van der Waals surface area contributed by atoms with Gasteiger partial charge >= 0.3 is 7.60 Å². The maximum Gasteiger partial charge on any atom is 0.344 e. The van der Waals surface area contributed by atoms with Crippen molar-refractivity contribution >= 4 is 24.7 Å². The standard InChI is InChI=1S/C21H30NO4PS/c1-17(15-16-27(24,25)26-22)11-12-19-13-14-21(28-19)20(23)10-6-5-9-18-7-3-2-4-8-18/h2-4,7-8,13-14,17H,5-6,9-12,15-16,22H2,1H3,(H,24,25)/t17-/m1/s1. The molecule has 1 heterocycles. The van der Waals surface area contributed by atoms with Gasteiger partial charge in [0.2, 0.25) is 0 Å².